The number of amides is 2. The number of hydrazine groups is 1. The zero-order chi connectivity index (χ0) is 19.1. The van der Waals surface area contributed by atoms with Crippen molar-refractivity contribution in [2.75, 3.05) is 13.2 Å². The molecule has 0 aliphatic carbocycles. The molecule has 2 N–H and O–H groups in total. The third kappa shape index (κ3) is 4.75. The van der Waals surface area contributed by atoms with Gasteiger partial charge < -0.3 is 14.0 Å². The fraction of sp³-hybridized carbons (Fsp3) is 0.389. The summed E-state index contributed by atoms with van der Waals surface area (Å²) in [6, 6.07) is 7.04. The number of aromatic nitrogens is 1. The van der Waals surface area contributed by atoms with Gasteiger partial charge in [-0.05, 0) is 26.0 Å². The number of carbonyl (C=O) groups is 2. The third-order valence-corrected chi connectivity index (χ3v) is 3.46. The number of rotatable bonds is 7. The Morgan fingerprint density at radius 1 is 1.15 bits per heavy atom. The van der Waals surface area contributed by atoms with Gasteiger partial charge in [0.25, 0.3) is 11.8 Å². The van der Waals surface area contributed by atoms with E-state index < -0.39 is 11.8 Å². The van der Waals surface area contributed by atoms with E-state index in [2.05, 4.69) is 16.0 Å². The lowest BCUT2D eigenvalue weighted by atomic mass is 10.1. The summed E-state index contributed by atoms with van der Waals surface area (Å²) in [5, 5.41) is 3.80. The second-order valence-electron chi connectivity index (χ2n) is 5.83. The van der Waals surface area contributed by atoms with Crippen LogP contribution < -0.4 is 20.3 Å². The fourth-order valence-corrected chi connectivity index (χ4v) is 2.27. The zero-order valence-corrected chi connectivity index (χ0v) is 15.3. The number of benzene rings is 1. The highest BCUT2D eigenvalue weighted by atomic mass is 16.5. The van der Waals surface area contributed by atoms with E-state index >= 15 is 0 Å². The molecular weight excluding hydrogens is 338 g/mol. The predicted molar refractivity (Wildman–Crippen MR) is 94.0 cm³/mol. The molecule has 0 radical (unpaired) electrons. The maximum atomic E-state index is 12.3. The van der Waals surface area contributed by atoms with Crippen molar-refractivity contribution >= 4 is 11.8 Å². The van der Waals surface area contributed by atoms with Gasteiger partial charge in [-0.15, -0.1) is 0 Å². The van der Waals surface area contributed by atoms with E-state index in [9.17, 15) is 9.59 Å². The number of aryl methyl sites for hydroxylation is 1. The second kappa shape index (κ2) is 8.89. The Hall–Kier alpha value is -3.03. The number of carbonyl (C=O) groups excluding carboxylic acids is 2. The lowest BCUT2D eigenvalue weighted by Crippen LogP contribution is -2.44. The Bertz CT molecular complexity index is 770. The molecule has 0 bridgehead atoms. The van der Waals surface area contributed by atoms with Gasteiger partial charge in [-0.2, -0.15) is 0 Å². The summed E-state index contributed by atoms with van der Waals surface area (Å²) in [6.07, 6.45) is 0. The van der Waals surface area contributed by atoms with Crippen molar-refractivity contribution in [1.29, 1.82) is 0 Å². The highest BCUT2D eigenvalue weighted by Gasteiger charge is 2.22. The Morgan fingerprint density at radius 2 is 1.81 bits per heavy atom. The molecule has 26 heavy (non-hydrogen) atoms. The molecule has 140 valence electrons. The maximum absolute atomic E-state index is 12.3. The van der Waals surface area contributed by atoms with Gasteiger partial charge in [0.2, 0.25) is 0 Å². The van der Waals surface area contributed by atoms with Crippen LogP contribution >= 0.6 is 0 Å². The van der Waals surface area contributed by atoms with E-state index in [1.807, 2.05) is 26.8 Å². The average molecular weight is 361 g/mol. The first-order valence-electron chi connectivity index (χ1n) is 8.34. The van der Waals surface area contributed by atoms with Crippen LogP contribution in [-0.4, -0.2) is 30.2 Å². The molecule has 1 heterocycles. The lowest BCUT2D eigenvalue weighted by molar-refractivity contribution is -0.123. The summed E-state index contributed by atoms with van der Waals surface area (Å²) in [7, 11) is 0. The molecule has 0 saturated carbocycles. The molecular formula is C18H23N3O5. The SMILES string of the molecule is CCOc1ccccc1OCC(=O)NNC(=O)c1c(C)noc1C(C)C. The molecule has 1 aromatic carbocycles. The first-order chi connectivity index (χ1) is 12.4. The molecule has 0 saturated heterocycles. The van der Waals surface area contributed by atoms with Crippen molar-refractivity contribution in [2.24, 2.45) is 0 Å². The maximum Gasteiger partial charge on any atom is 0.276 e. The van der Waals surface area contributed by atoms with Crippen LogP contribution in [0.15, 0.2) is 28.8 Å². The standard InChI is InChI=1S/C18H23N3O5/c1-5-24-13-8-6-7-9-14(13)25-10-15(22)19-20-18(23)16-12(4)21-26-17(16)11(2)3/h6-9,11H,5,10H2,1-4H3,(H,19,22)(H,20,23). The quantitative estimate of drug-likeness (QED) is 0.734. The van der Waals surface area contributed by atoms with Crippen LogP contribution in [-0.2, 0) is 4.79 Å². The Balaban J connectivity index is 1.90. The molecule has 2 amide bonds. The van der Waals surface area contributed by atoms with E-state index in [0.29, 0.717) is 35.1 Å². The number of nitrogens with zero attached hydrogens (tertiary/aromatic N) is 1. The summed E-state index contributed by atoms with van der Waals surface area (Å²) < 4.78 is 16.0. The molecule has 8 heteroatoms. The minimum Gasteiger partial charge on any atom is -0.490 e. The lowest BCUT2D eigenvalue weighted by Gasteiger charge is -2.12. The van der Waals surface area contributed by atoms with Gasteiger partial charge in [-0.1, -0.05) is 31.1 Å². The Kier molecular flexibility index (Phi) is 6.60. The third-order valence-electron chi connectivity index (χ3n) is 3.46. The normalized spacial score (nSPS) is 10.5. The van der Waals surface area contributed by atoms with Crippen molar-refractivity contribution < 1.29 is 23.6 Å². The Labute approximate surface area is 151 Å². The largest absolute Gasteiger partial charge is 0.490 e. The molecule has 2 aromatic rings. The summed E-state index contributed by atoms with van der Waals surface area (Å²) in [5.41, 5.74) is 5.44. The van der Waals surface area contributed by atoms with Crippen LogP contribution in [0.4, 0.5) is 0 Å². The number of ether oxygens (including phenoxy) is 2. The summed E-state index contributed by atoms with van der Waals surface area (Å²) >= 11 is 0. The van der Waals surface area contributed by atoms with Gasteiger partial charge in [-0.3, -0.25) is 20.4 Å². The van der Waals surface area contributed by atoms with E-state index in [4.69, 9.17) is 14.0 Å². The summed E-state index contributed by atoms with van der Waals surface area (Å²) in [5.74, 6) is 0.462. The molecule has 0 aliphatic heterocycles. The summed E-state index contributed by atoms with van der Waals surface area (Å²) in [6.45, 7) is 7.51. The van der Waals surface area contributed by atoms with Gasteiger partial charge in [0, 0.05) is 5.92 Å². The predicted octanol–water partition coefficient (Wildman–Crippen LogP) is 2.35. The molecule has 0 fully saturated rings. The van der Waals surface area contributed by atoms with Gasteiger partial charge in [0.05, 0.1) is 12.3 Å². The van der Waals surface area contributed by atoms with Crippen molar-refractivity contribution in [3.05, 3.63) is 41.3 Å². The van der Waals surface area contributed by atoms with Crippen molar-refractivity contribution in [1.82, 2.24) is 16.0 Å². The number of nitrogens with one attached hydrogen (secondary N) is 2. The minimum absolute atomic E-state index is 0.00829. The van der Waals surface area contributed by atoms with Crippen LogP contribution in [0.2, 0.25) is 0 Å². The van der Waals surface area contributed by atoms with Gasteiger partial charge in [0.1, 0.15) is 5.56 Å². The van der Waals surface area contributed by atoms with Crippen molar-refractivity contribution in [3.63, 3.8) is 0 Å². The topological polar surface area (TPSA) is 103 Å². The van der Waals surface area contributed by atoms with Crippen LogP contribution in [0.3, 0.4) is 0 Å². The van der Waals surface area contributed by atoms with Gasteiger partial charge >= 0.3 is 0 Å². The number of hydrogen-bond acceptors (Lipinski definition) is 6. The van der Waals surface area contributed by atoms with Gasteiger partial charge in [0.15, 0.2) is 23.9 Å². The van der Waals surface area contributed by atoms with E-state index in [1.54, 1.807) is 25.1 Å². The smallest absolute Gasteiger partial charge is 0.276 e. The average Bonchev–Trinajstić information content (AvgIpc) is 3.01. The fourth-order valence-electron chi connectivity index (χ4n) is 2.27. The molecule has 0 atom stereocenters. The van der Waals surface area contributed by atoms with Crippen LogP contribution in [0, 0.1) is 6.92 Å². The Morgan fingerprint density at radius 3 is 2.42 bits per heavy atom. The monoisotopic (exact) mass is 361 g/mol. The molecule has 0 unspecified atom stereocenters. The summed E-state index contributed by atoms with van der Waals surface area (Å²) in [4.78, 5) is 24.2. The highest BCUT2D eigenvalue weighted by Crippen LogP contribution is 2.26. The van der Waals surface area contributed by atoms with Gasteiger partial charge in [-0.25, -0.2) is 0 Å². The minimum atomic E-state index is -0.509. The van der Waals surface area contributed by atoms with E-state index in [1.165, 1.54) is 0 Å². The number of para-hydroxylation sites is 2. The number of hydrogen-bond donors (Lipinski definition) is 2. The van der Waals surface area contributed by atoms with Crippen LogP contribution in [0.5, 0.6) is 11.5 Å². The van der Waals surface area contributed by atoms with Crippen molar-refractivity contribution in [3.8, 4) is 11.5 Å². The molecule has 2 rings (SSSR count). The molecule has 0 aliphatic rings. The van der Waals surface area contributed by atoms with E-state index in [0.717, 1.165) is 0 Å². The highest BCUT2D eigenvalue weighted by molar-refractivity contribution is 5.97. The van der Waals surface area contributed by atoms with Crippen LogP contribution in [0.25, 0.3) is 0 Å². The zero-order valence-electron chi connectivity index (χ0n) is 15.3. The molecule has 0 spiro atoms. The van der Waals surface area contributed by atoms with E-state index in [-0.39, 0.29) is 12.5 Å². The van der Waals surface area contributed by atoms with Crippen molar-refractivity contribution in [2.45, 2.75) is 33.6 Å². The molecule has 8 nitrogen and oxygen atoms in total. The molecule has 1 aromatic heterocycles. The second-order valence-corrected chi connectivity index (χ2v) is 5.83. The first kappa shape index (κ1) is 19.3. The van der Waals surface area contributed by atoms with Crippen LogP contribution in [0.1, 0.15) is 48.5 Å². The first-order valence-corrected chi connectivity index (χ1v) is 8.34.